The topological polar surface area (TPSA) is 92.9 Å². The molecule has 10 heteroatoms. The summed E-state index contributed by atoms with van der Waals surface area (Å²) in [6.45, 7) is 17.2. The first-order valence-corrected chi connectivity index (χ1v) is 17.8. The average molecular weight is 612 g/mol. The summed E-state index contributed by atoms with van der Waals surface area (Å²) in [5, 5.41) is 3.74. The minimum absolute atomic E-state index is 0.00772. The number of halogens is 1. The van der Waals surface area contributed by atoms with Crippen molar-refractivity contribution in [1.29, 1.82) is 0 Å². The van der Waals surface area contributed by atoms with E-state index in [1.54, 1.807) is 11.0 Å². The minimum atomic E-state index is -2.16. The Balaban J connectivity index is 1.65. The Labute approximate surface area is 255 Å². The molecule has 2 amide bonds. The number of aromatic amines is 1. The van der Waals surface area contributed by atoms with Crippen LogP contribution in [0.4, 0.5) is 14.0 Å². The second-order valence-electron chi connectivity index (χ2n) is 13.9. The summed E-state index contributed by atoms with van der Waals surface area (Å²) >= 11 is 0. The summed E-state index contributed by atoms with van der Waals surface area (Å²) in [5.74, 6) is -0.705. The van der Waals surface area contributed by atoms with Gasteiger partial charge in [0.15, 0.2) is 8.32 Å². The molecular weight excluding hydrogens is 565 g/mol. The molecule has 0 radical (unpaired) electrons. The number of carbonyl (C=O) groups is 2. The number of nitrogens with zero attached hydrogens (tertiary/aromatic N) is 1. The van der Waals surface area contributed by atoms with Crippen LogP contribution in [0.3, 0.4) is 0 Å². The van der Waals surface area contributed by atoms with Gasteiger partial charge in [-0.05, 0) is 74.7 Å². The van der Waals surface area contributed by atoms with E-state index in [1.807, 2.05) is 57.3 Å². The number of fused-ring (bicyclic) bond motifs is 1. The third-order valence-electron chi connectivity index (χ3n) is 8.42. The Morgan fingerprint density at radius 2 is 1.79 bits per heavy atom. The second kappa shape index (κ2) is 12.7. The molecule has 8 nitrogen and oxygen atoms in total. The van der Waals surface area contributed by atoms with Crippen LogP contribution in [0.25, 0.3) is 10.9 Å². The van der Waals surface area contributed by atoms with Gasteiger partial charge in [-0.2, -0.15) is 0 Å². The normalized spacial score (nSPS) is 18.5. The fourth-order valence-corrected chi connectivity index (χ4v) is 6.62. The summed E-state index contributed by atoms with van der Waals surface area (Å²) in [7, 11) is -2.16. The minimum Gasteiger partial charge on any atom is -0.445 e. The lowest BCUT2D eigenvalue weighted by molar-refractivity contribution is 0.0191. The van der Waals surface area contributed by atoms with Gasteiger partial charge in [-0.1, -0.05) is 51.1 Å². The number of ether oxygens (including phenoxy) is 2. The van der Waals surface area contributed by atoms with Crippen molar-refractivity contribution in [1.82, 2.24) is 15.2 Å². The molecule has 3 aromatic rings. The predicted molar refractivity (Wildman–Crippen MR) is 169 cm³/mol. The standard InChI is InChI=1S/C33H46FN3O5Si/c1-32(2,3)41-31(39)37-20-24(42-43(7,8)33(4,5)6)17-29(37)27(26-18-35-28-16-23(34)14-15-25(26)28)19-36-30(38)40-21-22-12-10-9-11-13-22/h9-16,18,24,27,29,35H,17,19-21H2,1-8H3,(H,36,38)/t24-,27-,29+/m1/s1. The molecule has 2 heterocycles. The van der Waals surface area contributed by atoms with Crippen LogP contribution in [0.15, 0.2) is 54.7 Å². The Kier molecular flexibility index (Phi) is 9.61. The maximum atomic E-state index is 14.1. The van der Waals surface area contributed by atoms with Gasteiger partial charge in [0.25, 0.3) is 0 Å². The van der Waals surface area contributed by atoms with E-state index >= 15 is 0 Å². The number of amides is 2. The summed E-state index contributed by atoms with van der Waals surface area (Å²) in [6, 6.07) is 13.7. The monoisotopic (exact) mass is 611 g/mol. The van der Waals surface area contributed by atoms with Crippen molar-refractivity contribution in [3.63, 3.8) is 0 Å². The van der Waals surface area contributed by atoms with E-state index in [0.29, 0.717) is 18.5 Å². The quantitative estimate of drug-likeness (QED) is 0.255. The number of likely N-dealkylation sites (tertiary alicyclic amines) is 1. The molecule has 0 spiro atoms. The van der Waals surface area contributed by atoms with Crippen molar-refractivity contribution in [3.8, 4) is 0 Å². The number of aromatic nitrogens is 1. The van der Waals surface area contributed by atoms with E-state index in [4.69, 9.17) is 13.9 Å². The molecule has 1 fully saturated rings. The van der Waals surface area contributed by atoms with Crippen LogP contribution in [0, 0.1) is 5.82 Å². The first kappa shape index (κ1) is 32.5. The third kappa shape index (κ3) is 8.17. The molecule has 0 unspecified atom stereocenters. The van der Waals surface area contributed by atoms with Crippen molar-refractivity contribution >= 4 is 31.4 Å². The lowest BCUT2D eigenvalue weighted by Crippen LogP contribution is -2.46. The van der Waals surface area contributed by atoms with Crippen LogP contribution in [0.1, 0.15) is 65.0 Å². The van der Waals surface area contributed by atoms with Gasteiger partial charge < -0.3 is 29.1 Å². The number of alkyl carbamates (subject to hydrolysis) is 1. The van der Waals surface area contributed by atoms with Crippen LogP contribution < -0.4 is 5.32 Å². The highest BCUT2D eigenvalue weighted by Crippen LogP contribution is 2.41. The van der Waals surface area contributed by atoms with Crippen molar-refractivity contribution < 1.29 is 27.9 Å². The van der Waals surface area contributed by atoms with Gasteiger partial charge in [-0.25, -0.2) is 14.0 Å². The Bertz CT molecular complexity index is 1410. The fraction of sp³-hybridized carbons (Fsp3) is 0.515. The van der Waals surface area contributed by atoms with Crippen LogP contribution >= 0.6 is 0 Å². The Hall–Kier alpha value is -3.37. The number of benzene rings is 2. The predicted octanol–water partition coefficient (Wildman–Crippen LogP) is 7.72. The molecule has 0 aliphatic carbocycles. The van der Waals surface area contributed by atoms with E-state index in [-0.39, 0.29) is 42.1 Å². The number of H-pyrrole nitrogens is 1. The first-order chi connectivity index (χ1) is 20.0. The maximum absolute atomic E-state index is 14.1. The summed E-state index contributed by atoms with van der Waals surface area (Å²) < 4.78 is 32.2. The number of nitrogens with one attached hydrogen (secondary N) is 2. The molecule has 1 saturated heterocycles. The Morgan fingerprint density at radius 3 is 2.44 bits per heavy atom. The molecule has 0 saturated carbocycles. The molecule has 1 aliphatic heterocycles. The molecule has 0 bridgehead atoms. The fourth-order valence-electron chi connectivity index (χ4n) is 5.27. The SMILES string of the molecule is CC(C)(C)OC(=O)N1C[C@H](O[Si](C)(C)C(C)(C)C)C[C@H]1[C@H](CNC(=O)OCc1ccccc1)c1c[nH]c2cc(F)ccc12. The zero-order valence-electron chi connectivity index (χ0n) is 26.6. The highest BCUT2D eigenvalue weighted by atomic mass is 28.4. The Morgan fingerprint density at radius 1 is 1.09 bits per heavy atom. The molecule has 4 rings (SSSR count). The highest BCUT2D eigenvalue weighted by molar-refractivity contribution is 6.74. The smallest absolute Gasteiger partial charge is 0.410 e. The molecule has 234 valence electrons. The van der Waals surface area contributed by atoms with Gasteiger partial charge >= 0.3 is 12.2 Å². The number of hydrogen-bond donors (Lipinski definition) is 2. The number of carbonyl (C=O) groups excluding carboxylic acids is 2. The molecule has 2 aromatic carbocycles. The van der Waals surface area contributed by atoms with Crippen molar-refractivity contribution in [3.05, 3.63) is 71.7 Å². The van der Waals surface area contributed by atoms with Gasteiger partial charge in [-0.15, -0.1) is 0 Å². The lowest BCUT2D eigenvalue weighted by Gasteiger charge is -2.38. The molecule has 3 atom stereocenters. The van der Waals surface area contributed by atoms with E-state index in [0.717, 1.165) is 16.5 Å². The van der Waals surface area contributed by atoms with Crippen molar-refractivity contribution in [2.24, 2.45) is 0 Å². The number of hydrogen-bond acceptors (Lipinski definition) is 5. The van der Waals surface area contributed by atoms with Crippen LogP contribution in [-0.4, -0.2) is 61.2 Å². The van der Waals surface area contributed by atoms with E-state index < -0.39 is 26.1 Å². The van der Waals surface area contributed by atoms with Gasteiger partial charge in [0.2, 0.25) is 0 Å². The largest absolute Gasteiger partial charge is 0.445 e. The average Bonchev–Trinajstić information content (AvgIpc) is 3.50. The van der Waals surface area contributed by atoms with Crippen LogP contribution in [0.5, 0.6) is 0 Å². The zero-order chi connectivity index (χ0) is 31.6. The van der Waals surface area contributed by atoms with Crippen molar-refractivity contribution in [2.45, 2.75) is 96.4 Å². The van der Waals surface area contributed by atoms with Gasteiger partial charge in [-0.3, -0.25) is 0 Å². The summed E-state index contributed by atoms with van der Waals surface area (Å²) in [6.07, 6.45) is 1.21. The molecular formula is C33H46FN3O5Si. The molecule has 1 aromatic heterocycles. The van der Waals surface area contributed by atoms with Gasteiger partial charge in [0, 0.05) is 42.1 Å². The highest BCUT2D eigenvalue weighted by Gasteiger charge is 2.47. The number of rotatable bonds is 8. The van der Waals surface area contributed by atoms with E-state index in [1.165, 1.54) is 12.1 Å². The zero-order valence-corrected chi connectivity index (χ0v) is 27.6. The van der Waals surface area contributed by atoms with E-state index in [2.05, 4.69) is 44.2 Å². The summed E-state index contributed by atoms with van der Waals surface area (Å²) in [5.41, 5.74) is 1.70. The van der Waals surface area contributed by atoms with Gasteiger partial charge in [0.1, 0.15) is 18.0 Å². The van der Waals surface area contributed by atoms with Crippen molar-refractivity contribution in [2.75, 3.05) is 13.1 Å². The second-order valence-corrected chi connectivity index (χ2v) is 18.7. The maximum Gasteiger partial charge on any atom is 0.410 e. The molecule has 2 N–H and O–H groups in total. The van der Waals surface area contributed by atoms with Gasteiger partial charge in [0.05, 0.1) is 6.10 Å². The van der Waals surface area contributed by atoms with Crippen LogP contribution in [0.2, 0.25) is 18.1 Å². The summed E-state index contributed by atoms with van der Waals surface area (Å²) in [4.78, 5) is 31.4. The van der Waals surface area contributed by atoms with E-state index in [9.17, 15) is 14.0 Å². The van der Waals surface area contributed by atoms with Crippen LogP contribution in [-0.2, 0) is 20.5 Å². The lowest BCUT2D eigenvalue weighted by atomic mass is 9.89. The third-order valence-corrected chi connectivity index (χ3v) is 13.0. The first-order valence-electron chi connectivity index (χ1n) is 14.9. The molecule has 43 heavy (non-hydrogen) atoms. The molecule has 1 aliphatic rings.